The van der Waals surface area contributed by atoms with Crippen LogP contribution in [0.4, 0.5) is 5.69 Å². The predicted molar refractivity (Wildman–Crippen MR) is 120 cm³/mol. The number of fused-ring (bicyclic) bond motifs is 1. The molecule has 2 aliphatic rings. The Labute approximate surface area is 178 Å². The van der Waals surface area contributed by atoms with Crippen LogP contribution in [0.2, 0.25) is 0 Å². The van der Waals surface area contributed by atoms with Gasteiger partial charge in [-0.15, -0.1) is 0 Å². The van der Waals surface area contributed by atoms with Crippen LogP contribution in [0.25, 0.3) is 11.1 Å². The lowest BCUT2D eigenvalue weighted by molar-refractivity contribution is -0.121. The van der Waals surface area contributed by atoms with E-state index in [4.69, 9.17) is 5.73 Å². The Hall–Kier alpha value is -2.66. The molecule has 2 atom stereocenters. The minimum Gasteiger partial charge on any atom is -0.369 e. The van der Waals surface area contributed by atoms with Gasteiger partial charge in [0.2, 0.25) is 11.8 Å². The van der Waals surface area contributed by atoms with Gasteiger partial charge in [-0.1, -0.05) is 36.8 Å². The van der Waals surface area contributed by atoms with Gasteiger partial charge in [-0.25, -0.2) is 0 Å². The van der Waals surface area contributed by atoms with E-state index < -0.39 is 0 Å². The molecule has 0 saturated carbocycles. The van der Waals surface area contributed by atoms with Gasteiger partial charge in [0.25, 0.3) is 0 Å². The highest BCUT2D eigenvalue weighted by Crippen LogP contribution is 2.40. The molecule has 1 fully saturated rings. The highest BCUT2D eigenvalue weighted by molar-refractivity contribution is 5.97. The molecule has 0 aromatic heterocycles. The first kappa shape index (κ1) is 20.6. The number of hydrogen-bond donors (Lipinski definition) is 1. The van der Waals surface area contributed by atoms with Gasteiger partial charge in [0.05, 0.1) is 5.92 Å². The molecule has 0 aliphatic carbocycles. The van der Waals surface area contributed by atoms with Crippen molar-refractivity contribution in [3.05, 3.63) is 53.6 Å². The summed E-state index contributed by atoms with van der Waals surface area (Å²) in [6.45, 7) is 6.91. The number of carbonyl (C=O) groups is 2. The van der Waals surface area contributed by atoms with E-state index in [1.54, 1.807) is 11.8 Å². The standard InChI is InChI=1S/C25H31N3O2/c1-17-14-23(25(26)30)22-15-21(10-11-24(22)28(17)18(2)29)20-8-6-19(7-9-20)16-27-12-4-3-5-13-27/h6-11,15,17,23H,3-5,12-14,16H2,1-2H3,(H2,26,30)/t17-,23+/m1/s1. The zero-order valence-corrected chi connectivity index (χ0v) is 17.9. The van der Waals surface area contributed by atoms with E-state index in [0.29, 0.717) is 6.42 Å². The van der Waals surface area contributed by atoms with Gasteiger partial charge in [0.1, 0.15) is 0 Å². The van der Waals surface area contributed by atoms with Crippen molar-refractivity contribution in [3.63, 3.8) is 0 Å². The van der Waals surface area contributed by atoms with Gasteiger partial charge in [-0.2, -0.15) is 0 Å². The van der Waals surface area contributed by atoms with Crippen molar-refractivity contribution in [2.45, 2.75) is 58.0 Å². The van der Waals surface area contributed by atoms with Crippen LogP contribution in [0.1, 0.15) is 56.6 Å². The van der Waals surface area contributed by atoms with Gasteiger partial charge in [0.15, 0.2) is 0 Å². The highest BCUT2D eigenvalue weighted by atomic mass is 16.2. The lowest BCUT2D eigenvalue weighted by Gasteiger charge is -2.38. The van der Waals surface area contributed by atoms with Gasteiger partial charge in [0, 0.05) is 25.2 Å². The Morgan fingerprint density at radius 2 is 1.67 bits per heavy atom. The molecule has 30 heavy (non-hydrogen) atoms. The monoisotopic (exact) mass is 405 g/mol. The number of hydrogen-bond acceptors (Lipinski definition) is 3. The SMILES string of the molecule is CC(=O)N1c2ccc(-c3ccc(CN4CCCCC4)cc3)cc2[C@@H](C(N)=O)C[C@H]1C. The molecule has 158 valence electrons. The summed E-state index contributed by atoms with van der Waals surface area (Å²) in [5, 5.41) is 0. The number of amides is 2. The molecular weight excluding hydrogens is 374 g/mol. The minimum atomic E-state index is -0.371. The highest BCUT2D eigenvalue weighted by Gasteiger charge is 2.35. The quantitative estimate of drug-likeness (QED) is 0.834. The van der Waals surface area contributed by atoms with E-state index in [1.165, 1.54) is 37.9 Å². The Morgan fingerprint density at radius 1 is 1.00 bits per heavy atom. The molecule has 2 aromatic carbocycles. The Balaban J connectivity index is 1.61. The van der Waals surface area contributed by atoms with Crippen LogP contribution in [0.15, 0.2) is 42.5 Å². The summed E-state index contributed by atoms with van der Waals surface area (Å²) in [6, 6.07) is 14.7. The van der Waals surface area contributed by atoms with Crippen LogP contribution in [0.3, 0.4) is 0 Å². The number of likely N-dealkylation sites (tertiary alicyclic amines) is 1. The van der Waals surface area contributed by atoms with Crippen molar-refractivity contribution in [2.24, 2.45) is 5.73 Å². The number of nitrogens with zero attached hydrogens (tertiary/aromatic N) is 2. The number of anilines is 1. The van der Waals surface area contributed by atoms with Crippen LogP contribution in [-0.2, 0) is 16.1 Å². The second-order valence-electron chi connectivity index (χ2n) is 8.74. The van der Waals surface area contributed by atoms with Gasteiger partial charge >= 0.3 is 0 Å². The maximum absolute atomic E-state index is 12.2. The second kappa shape index (κ2) is 8.60. The normalized spacial score (nSPS) is 21.9. The van der Waals surface area contributed by atoms with E-state index in [-0.39, 0.29) is 23.8 Å². The maximum Gasteiger partial charge on any atom is 0.225 e. The molecule has 0 unspecified atom stereocenters. The average molecular weight is 406 g/mol. The summed E-state index contributed by atoms with van der Waals surface area (Å²) in [4.78, 5) is 28.6. The Kier molecular flexibility index (Phi) is 5.91. The summed E-state index contributed by atoms with van der Waals surface area (Å²) in [7, 11) is 0. The van der Waals surface area contributed by atoms with Gasteiger partial charge in [-0.05, 0) is 73.7 Å². The number of primary amides is 1. The first-order valence-corrected chi connectivity index (χ1v) is 11.0. The van der Waals surface area contributed by atoms with E-state index >= 15 is 0 Å². The lowest BCUT2D eigenvalue weighted by atomic mass is 9.84. The molecule has 1 saturated heterocycles. The van der Waals surface area contributed by atoms with Crippen molar-refractivity contribution in [3.8, 4) is 11.1 Å². The van der Waals surface area contributed by atoms with Crippen LogP contribution in [-0.4, -0.2) is 35.8 Å². The molecule has 2 amide bonds. The van der Waals surface area contributed by atoms with Gasteiger partial charge in [-0.3, -0.25) is 14.5 Å². The third-order valence-electron chi connectivity index (χ3n) is 6.50. The molecule has 0 radical (unpaired) electrons. The summed E-state index contributed by atoms with van der Waals surface area (Å²) in [5.74, 6) is -0.717. The molecule has 2 heterocycles. The summed E-state index contributed by atoms with van der Waals surface area (Å²) in [5.41, 5.74) is 10.8. The predicted octanol–water partition coefficient (Wildman–Crippen LogP) is 4.05. The van der Waals surface area contributed by atoms with Crippen molar-refractivity contribution in [1.82, 2.24) is 4.90 Å². The fourth-order valence-corrected chi connectivity index (χ4v) is 4.97. The molecule has 2 aliphatic heterocycles. The van der Waals surface area contributed by atoms with Crippen LogP contribution in [0.5, 0.6) is 0 Å². The summed E-state index contributed by atoms with van der Waals surface area (Å²) in [6.07, 6.45) is 4.49. The average Bonchev–Trinajstić information content (AvgIpc) is 2.73. The molecule has 2 aromatic rings. The van der Waals surface area contributed by atoms with Crippen molar-refractivity contribution in [2.75, 3.05) is 18.0 Å². The maximum atomic E-state index is 12.2. The lowest BCUT2D eigenvalue weighted by Crippen LogP contribution is -2.44. The molecule has 0 bridgehead atoms. The first-order chi connectivity index (χ1) is 14.4. The zero-order valence-electron chi connectivity index (χ0n) is 17.9. The molecular formula is C25H31N3O2. The Bertz CT molecular complexity index is 932. The number of carbonyl (C=O) groups excluding carboxylic acids is 2. The van der Waals surface area contributed by atoms with Crippen molar-refractivity contribution in [1.29, 1.82) is 0 Å². The fourth-order valence-electron chi connectivity index (χ4n) is 4.97. The third kappa shape index (κ3) is 4.12. The van der Waals surface area contributed by atoms with E-state index in [1.807, 2.05) is 25.1 Å². The molecule has 5 nitrogen and oxygen atoms in total. The van der Waals surface area contributed by atoms with Crippen LogP contribution in [0, 0.1) is 0 Å². The first-order valence-electron chi connectivity index (χ1n) is 11.0. The van der Waals surface area contributed by atoms with Crippen molar-refractivity contribution < 1.29 is 9.59 Å². The van der Waals surface area contributed by atoms with E-state index in [2.05, 4.69) is 29.2 Å². The summed E-state index contributed by atoms with van der Waals surface area (Å²) < 4.78 is 0. The minimum absolute atomic E-state index is 0.0125. The fraction of sp³-hybridized carbons (Fsp3) is 0.440. The zero-order chi connectivity index (χ0) is 21.3. The molecule has 5 heteroatoms. The van der Waals surface area contributed by atoms with Crippen LogP contribution >= 0.6 is 0 Å². The second-order valence-corrected chi connectivity index (χ2v) is 8.74. The molecule has 2 N–H and O–H groups in total. The number of nitrogens with two attached hydrogens (primary N) is 1. The smallest absolute Gasteiger partial charge is 0.225 e. The summed E-state index contributed by atoms with van der Waals surface area (Å²) >= 11 is 0. The number of rotatable bonds is 4. The molecule has 0 spiro atoms. The van der Waals surface area contributed by atoms with Crippen molar-refractivity contribution >= 4 is 17.5 Å². The topological polar surface area (TPSA) is 66.6 Å². The van der Waals surface area contributed by atoms with E-state index in [9.17, 15) is 9.59 Å². The number of benzene rings is 2. The van der Waals surface area contributed by atoms with E-state index in [0.717, 1.165) is 28.9 Å². The Morgan fingerprint density at radius 3 is 2.30 bits per heavy atom. The number of piperidine rings is 1. The largest absolute Gasteiger partial charge is 0.369 e. The van der Waals surface area contributed by atoms with Crippen LogP contribution < -0.4 is 10.6 Å². The molecule has 4 rings (SSSR count). The van der Waals surface area contributed by atoms with Gasteiger partial charge < -0.3 is 10.6 Å². The third-order valence-corrected chi connectivity index (χ3v) is 6.50.